The molecule has 9 heteroatoms. The number of pyridine rings is 1. The molecule has 0 atom stereocenters. The number of aromatic nitrogens is 1. The Morgan fingerprint density at radius 1 is 1.13 bits per heavy atom. The summed E-state index contributed by atoms with van der Waals surface area (Å²) < 4.78 is 35.1. The Balaban J connectivity index is 1.67. The second kappa shape index (κ2) is 12.9. The fraction of sp³-hybridized carbons (Fsp3) is 0.381. The van der Waals surface area contributed by atoms with Gasteiger partial charge in [0.05, 0.1) is 6.61 Å². The number of aliphatic imine (C=N–C) groups is 1. The van der Waals surface area contributed by atoms with E-state index in [4.69, 9.17) is 10.00 Å². The Kier molecular flexibility index (Phi) is 9.86. The second-order valence-corrected chi connectivity index (χ2v) is 6.42. The van der Waals surface area contributed by atoms with Crippen molar-refractivity contribution in [3.63, 3.8) is 0 Å². The van der Waals surface area contributed by atoms with Crippen molar-refractivity contribution < 1.29 is 18.3 Å². The van der Waals surface area contributed by atoms with Crippen molar-refractivity contribution in [1.29, 1.82) is 5.26 Å². The highest BCUT2D eigenvalue weighted by atomic mass is 19.3. The minimum atomic E-state index is -2.89. The molecule has 0 bridgehead atoms. The van der Waals surface area contributed by atoms with Crippen LogP contribution in [0.25, 0.3) is 0 Å². The number of hydrogen-bond acceptors (Lipinski definition) is 5. The van der Waals surface area contributed by atoms with Crippen LogP contribution in [0.15, 0.2) is 47.7 Å². The summed E-state index contributed by atoms with van der Waals surface area (Å²) >= 11 is 0. The maximum atomic E-state index is 12.5. The quantitative estimate of drug-likeness (QED) is 0.184. The first-order valence-electron chi connectivity index (χ1n) is 9.63. The van der Waals surface area contributed by atoms with Crippen LogP contribution < -0.4 is 20.1 Å². The van der Waals surface area contributed by atoms with Crippen molar-refractivity contribution in [1.82, 2.24) is 10.3 Å². The minimum Gasteiger partial charge on any atom is -0.490 e. The third-order valence-electron chi connectivity index (χ3n) is 4.01. The highest BCUT2D eigenvalue weighted by Gasteiger charge is 2.11. The molecule has 0 unspecified atom stereocenters. The Morgan fingerprint density at radius 3 is 2.63 bits per heavy atom. The minimum absolute atomic E-state index is 0.0542. The van der Waals surface area contributed by atoms with Gasteiger partial charge in [0, 0.05) is 24.6 Å². The van der Waals surface area contributed by atoms with E-state index < -0.39 is 6.61 Å². The van der Waals surface area contributed by atoms with Crippen molar-refractivity contribution >= 4 is 11.6 Å². The van der Waals surface area contributed by atoms with E-state index in [1.54, 1.807) is 43.6 Å². The summed E-state index contributed by atoms with van der Waals surface area (Å²) in [6.45, 7) is -0.109. The van der Waals surface area contributed by atoms with Gasteiger partial charge >= 0.3 is 6.61 Å². The molecule has 2 rings (SSSR count). The maximum absolute atomic E-state index is 12.5. The molecule has 0 saturated carbocycles. The summed E-state index contributed by atoms with van der Waals surface area (Å²) in [6, 6.07) is 8.52. The van der Waals surface area contributed by atoms with Gasteiger partial charge in [0.15, 0.2) is 17.7 Å². The van der Waals surface area contributed by atoms with Crippen LogP contribution in [0.5, 0.6) is 11.5 Å². The standard InChI is InChI=1S/C21H25F2N5O2/c1-16-6-7-18(19(14-16)30-20(22)23)29-13-5-3-2-4-10-26-21(27-15-24)28-17-8-11-25-12-9-17/h6-9,11-12,14,20H,2-5,10,13H2,1H3,(H2,25,26,27,28). The monoisotopic (exact) mass is 417 g/mol. The Bertz CT molecular complexity index is 841. The van der Waals surface area contributed by atoms with Crippen molar-refractivity contribution in [3.8, 4) is 17.7 Å². The average Bonchev–Trinajstić information content (AvgIpc) is 2.71. The fourth-order valence-electron chi connectivity index (χ4n) is 2.60. The highest BCUT2D eigenvalue weighted by molar-refractivity contribution is 5.94. The predicted molar refractivity (Wildman–Crippen MR) is 111 cm³/mol. The number of hydrogen-bond donors (Lipinski definition) is 2. The number of benzene rings is 1. The van der Waals surface area contributed by atoms with E-state index in [1.165, 1.54) is 6.07 Å². The molecule has 2 N–H and O–H groups in total. The number of unbranched alkanes of at least 4 members (excludes halogenated alkanes) is 3. The average molecular weight is 417 g/mol. The van der Waals surface area contributed by atoms with E-state index >= 15 is 0 Å². The van der Waals surface area contributed by atoms with Crippen molar-refractivity contribution in [2.24, 2.45) is 4.99 Å². The highest BCUT2D eigenvalue weighted by Crippen LogP contribution is 2.29. The Labute approximate surface area is 174 Å². The molecule has 1 aromatic carbocycles. The van der Waals surface area contributed by atoms with Gasteiger partial charge in [-0.05, 0) is 56.0 Å². The number of nitrogens with zero attached hydrogens (tertiary/aromatic N) is 3. The van der Waals surface area contributed by atoms with Gasteiger partial charge in [0.1, 0.15) is 0 Å². The molecule has 0 fully saturated rings. The van der Waals surface area contributed by atoms with E-state index in [0.29, 0.717) is 24.9 Å². The zero-order valence-corrected chi connectivity index (χ0v) is 16.8. The lowest BCUT2D eigenvalue weighted by molar-refractivity contribution is -0.0515. The number of anilines is 1. The molecular weight excluding hydrogens is 392 g/mol. The van der Waals surface area contributed by atoms with Gasteiger partial charge in [-0.2, -0.15) is 14.0 Å². The third-order valence-corrected chi connectivity index (χ3v) is 4.01. The SMILES string of the molecule is Cc1ccc(OCCCCCCN=C(NC#N)Nc2ccncc2)c(OC(F)F)c1. The first-order chi connectivity index (χ1) is 14.6. The van der Waals surface area contributed by atoms with E-state index in [1.807, 2.05) is 6.19 Å². The summed E-state index contributed by atoms with van der Waals surface area (Å²) in [5.74, 6) is 0.761. The summed E-state index contributed by atoms with van der Waals surface area (Å²) in [5, 5.41) is 14.4. The molecular formula is C21H25F2N5O2. The molecule has 1 aromatic heterocycles. The normalized spacial score (nSPS) is 11.1. The van der Waals surface area contributed by atoms with Crippen LogP contribution in [0.1, 0.15) is 31.2 Å². The Hall–Kier alpha value is -3.41. The van der Waals surface area contributed by atoms with Crippen LogP contribution >= 0.6 is 0 Å². The van der Waals surface area contributed by atoms with Crippen LogP contribution in [0.3, 0.4) is 0 Å². The van der Waals surface area contributed by atoms with E-state index in [-0.39, 0.29) is 5.75 Å². The van der Waals surface area contributed by atoms with E-state index in [0.717, 1.165) is 36.9 Å². The molecule has 30 heavy (non-hydrogen) atoms. The predicted octanol–water partition coefficient (Wildman–Crippen LogP) is 4.47. The molecule has 0 saturated heterocycles. The summed E-state index contributed by atoms with van der Waals surface area (Å²) in [6.07, 6.45) is 8.62. The maximum Gasteiger partial charge on any atom is 0.387 e. The lowest BCUT2D eigenvalue weighted by Gasteiger charge is -2.12. The van der Waals surface area contributed by atoms with Gasteiger partial charge in [0.2, 0.25) is 5.96 Å². The molecule has 160 valence electrons. The number of nitrogens with one attached hydrogen (secondary N) is 2. The van der Waals surface area contributed by atoms with Crippen molar-refractivity contribution in [2.75, 3.05) is 18.5 Å². The van der Waals surface area contributed by atoms with Gasteiger partial charge in [-0.3, -0.25) is 15.3 Å². The smallest absolute Gasteiger partial charge is 0.387 e. The summed E-state index contributed by atoms with van der Waals surface area (Å²) in [4.78, 5) is 8.29. The molecule has 2 aromatic rings. The molecule has 0 radical (unpaired) electrons. The molecule has 0 aliphatic rings. The van der Waals surface area contributed by atoms with Crippen molar-refractivity contribution in [2.45, 2.75) is 39.2 Å². The number of alkyl halides is 2. The molecule has 0 aliphatic carbocycles. The number of nitriles is 1. The van der Waals surface area contributed by atoms with Gasteiger partial charge in [-0.25, -0.2) is 0 Å². The van der Waals surface area contributed by atoms with Crippen LogP contribution in [0.4, 0.5) is 14.5 Å². The number of guanidine groups is 1. The number of aryl methyl sites for hydroxylation is 1. The molecule has 0 aliphatic heterocycles. The van der Waals surface area contributed by atoms with Crippen LogP contribution in [-0.4, -0.2) is 30.7 Å². The number of ether oxygens (including phenoxy) is 2. The van der Waals surface area contributed by atoms with Gasteiger partial charge in [-0.15, -0.1) is 0 Å². The zero-order chi connectivity index (χ0) is 21.6. The topological polar surface area (TPSA) is 91.6 Å². The molecule has 0 spiro atoms. The number of halogens is 2. The zero-order valence-electron chi connectivity index (χ0n) is 16.8. The van der Waals surface area contributed by atoms with Crippen LogP contribution in [0, 0.1) is 18.4 Å². The van der Waals surface area contributed by atoms with E-state index in [9.17, 15) is 8.78 Å². The van der Waals surface area contributed by atoms with Gasteiger partial charge in [0.25, 0.3) is 0 Å². The largest absolute Gasteiger partial charge is 0.490 e. The lowest BCUT2D eigenvalue weighted by atomic mass is 10.2. The van der Waals surface area contributed by atoms with Crippen LogP contribution in [-0.2, 0) is 0 Å². The fourth-order valence-corrected chi connectivity index (χ4v) is 2.60. The van der Waals surface area contributed by atoms with Gasteiger partial charge in [-0.1, -0.05) is 12.5 Å². The first kappa shape index (κ1) is 22.9. The Morgan fingerprint density at radius 2 is 1.90 bits per heavy atom. The second-order valence-electron chi connectivity index (χ2n) is 6.42. The van der Waals surface area contributed by atoms with Crippen LogP contribution in [0.2, 0.25) is 0 Å². The summed E-state index contributed by atoms with van der Waals surface area (Å²) in [7, 11) is 0. The molecule has 1 heterocycles. The molecule has 7 nitrogen and oxygen atoms in total. The van der Waals surface area contributed by atoms with E-state index in [2.05, 4.69) is 25.3 Å². The summed E-state index contributed by atoms with van der Waals surface area (Å²) in [5.41, 5.74) is 1.61. The van der Waals surface area contributed by atoms with Crippen molar-refractivity contribution in [3.05, 3.63) is 48.3 Å². The third kappa shape index (κ3) is 8.73. The van der Waals surface area contributed by atoms with Gasteiger partial charge < -0.3 is 14.8 Å². The number of rotatable bonds is 11. The lowest BCUT2D eigenvalue weighted by Crippen LogP contribution is -2.27. The first-order valence-corrected chi connectivity index (χ1v) is 9.63. The molecule has 0 amide bonds.